The van der Waals surface area contributed by atoms with Crippen molar-refractivity contribution in [3.63, 3.8) is 0 Å². The fourth-order valence-corrected chi connectivity index (χ4v) is 0.587. The number of likely N-dealkylation sites (N-methyl/N-ethyl adjacent to an activating group) is 2. The van der Waals surface area contributed by atoms with Crippen LogP contribution in [0, 0.1) is 0 Å². The second-order valence-corrected chi connectivity index (χ2v) is 2.00. The summed E-state index contributed by atoms with van der Waals surface area (Å²) in [4.78, 5) is 2.04. The van der Waals surface area contributed by atoms with Crippen molar-refractivity contribution < 1.29 is 0 Å². The van der Waals surface area contributed by atoms with Gasteiger partial charge >= 0.3 is 0 Å². The summed E-state index contributed by atoms with van der Waals surface area (Å²) in [5.74, 6) is 0. The SMILES string of the molecule is CNC(CN)N(C)C. The molecule has 3 nitrogen and oxygen atoms in total. The number of hydrogen-bond donors (Lipinski definition) is 2. The molecule has 0 fully saturated rings. The van der Waals surface area contributed by atoms with Crippen LogP contribution in [0.1, 0.15) is 0 Å². The van der Waals surface area contributed by atoms with E-state index in [1.54, 1.807) is 0 Å². The lowest BCUT2D eigenvalue weighted by atomic mass is 10.4. The van der Waals surface area contributed by atoms with Crippen molar-refractivity contribution >= 4 is 0 Å². The lowest BCUT2D eigenvalue weighted by molar-refractivity contribution is 0.266. The highest BCUT2D eigenvalue weighted by Crippen LogP contribution is 1.80. The van der Waals surface area contributed by atoms with E-state index in [0.717, 1.165) is 0 Å². The van der Waals surface area contributed by atoms with Gasteiger partial charge in [0.2, 0.25) is 0 Å². The van der Waals surface area contributed by atoms with E-state index < -0.39 is 0 Å². The highest BCUT2D eigenvalue weighted by molar-refractivity contribution is 4.59. The highest BCUT2D eigenvalue weighted by Gasteiger charge is 2.02. The third-order valence-corrected chi connectivity index (χ3v) is 1.18. The second kappa shape index (κ2) is 3.83. The zero-order valence-electron chi connectivity index (χ0n) is 5.81. The molecule has 0 heterocycles. The maximum absolute atomic E-state index is 5.38. The smallest absolute Gasteiger partial charge is 0.0716 e. The first-order valence-corrected chi connectivity index (χ1v) is 2.76. The fraction of sp³-hybridized carbons (Fsp3) is 1.00. The Morgan fingerprint density at radius 1 is 1.62 bits per heavy atom. The van der Waals surface area contributed by atoms with Gasteiger partial charge in [0.05, 0.1) is 6.17 Å². The van der Waals surface area contributed by atoms with Gasteiger partial charge in [-0.25, -0.2) is 0 Å². The molecule has 1 atom stereocenters. The first-order valence-electron chi connectivity index (χ1n) is 2.76. The molecular weight excluding hydrogens is 102 g/mol. The van der Waals surface area contributed by atoms with Crippen molar-refractivity contribution in [1.29, 1.82) is 0 Å². The second-order valence-electron chi connectivity index (χ2n) is 2.00. The Hall–Kier alpha value is -0.120. The maximum Gasteiger partial charge on any atom is 0.0716 e. The first-order chi connectivity index (χ1) is 3.72. The third-order valence-electron chi connectivity index (χ3n) is 1.18. The van der Waals surface area contributed by atoms with Crippen molar-refractivity contribution in [2.24, 2.45) is 5.73 Å². The van der Waals surface area contributed by atoms with E-state index >= 15 is 0 Å². The van der Waals surface area contributed by atoms with Crippen molar-refractivity contribution in [1.82, 2.24) is 10.2 Å². The van der Waals surface area contributed by atoms with Crippen LogP contribution in [0.25, 0.3) is 0 Å². The van der Waals surface area contributed by atoms with Gasteiger partial charge in [-0.05, 0) is 21.1 Å². The van der Waals surface area contributed by atoms with Crippen LogP contribution < -0.4 is 11.1 Å². The lowest BCUT2D eigenvalue weighted by Gasteiger charge is -2.21. The molecule has 50 valence electrons. The van der Waals surface area contributed by atoms with Crippen LogP contribution in [0.5, 0.6) is 0 Å². The standard InChI is InChI=1S/C5H15N3/c1-7-5(4-6)8(2)3/h5,7H,4,6H2,1-3H3. The van der Waals surface area contributed by atoms with Crippen LogP contribution in [0.3, 0.4) is 0 Å². The highest BCUT2D eigenvalue weighted by atomic mass is 15.2. The Bertz CT molecular complexity index is 49.6. The minimum atomic E-state index is 0.315. The van der Waals surface area contributed by atoms with Crippen molar-refractivity contribution in [2.75, 3.05) is 27.7 Å². The molecule has 8 heavy (non-hydrogen) atoms. The number of nitrogens with zero attached hydrogens (tertiary/aromatic N) is 1. The molecule has 3 heteroatoms. The Morgan fingerprint density at radius 3 is 2.12 bits per heavy atom. The van der Waals surface area contributed by atoms with Gasteiger partial charge in [-0.1, -0.05) is 0 Å². The Morgan fingerprint density at radius 2 is 2.12 bits per heavy atom. The zero-order valence-corrected chi connectivity index (χ0v) is 5.81. The molecule has 0 aromatic carbocycles. The minimum absolute atomic E-state index is 0.315. The predicted octanol–water partition coefficient (Wildman–Crippen LogP) is -0.948. The molecule has 0 amide bonds. The molecule has 0 aliphatic carbocycles. The molecule has 0 saturated carbocycles. The van der Waals surface area contributed by atoms with Gasteiger partial charge in [-0.2, -0.15) is 0 Å². The number of nitrogens with two attached hydrogens (primary N) is 1. The molecule has 0 radical (unpaired) electrons. The third kappa shape index (κ3) is 2.26. The molecule has 0 rings (SSSR count). The molecule has 3 N–H and O–H groups in total. The van der Waals surface area contributed by atoms with E-state index in [4.69, 9.17) is 5.73 Å². The molecule has 0 aliphatic heterocycles. The van der Waals surface area contributed by atoms with Crippen LogP contribution in [-0.2, 0) is 0 Å². The van der Waals surface area contributed by atoms with Gasteiger partial charge in [0.15, 0.2) is 0 Å². The molecule has 0 bridgehead atoms. The summed E-state index contributed by atoms with van der Waals surface area (Å²) in [6, 6.07) is 0. The van der Waals surface area contributed by atoms with E-state index in [9.17, 15) is 0 Å². The van der Waals surface area contributed by atoms with Crippen LogP contribution in [0.2, 0.25) is 0 Å². The van der Waals surface area contributed by atoms with Crippen LogP contribution in [0.15, 0.2) is 0 Å². The average Bonchev–Trinajstić information content (AvgIpc) is 1.69. The van der Waals surface area contributed by atoms with Crippen molar-refractivity contribution in [3.8, 4) is 0 Å². The Labute approximate surface area is 50.8 Å². The van der Waals surface area contributed by atoms with Gasteiger partial charge in [0.1, 0.15) is 0 Å². The summed E-state index contributed by atoms with van der Waals surface area (Å²) in [5.41, 5.74) is 5.38. The minimum Gasteiger partial charge on any atom is -0.328 e. The molecular formula is C5H15N3. The summed E-state index contributed by atoms with van der Waals surface area (Å²) in [5, 5.41) is 3.05. The van der Waals surface area contributed by atoms with Crippen LogP contribution in [-0.4, -0.2) is 38.8 Å². The number of rotatable bonds is 3. The summed E-state index contributed by atoms with van der Waals surface area (Å²) >= 11 is 0. The van der Waals surface area contributed by atoms with E-state index in [0.29, 0.717) is 12.7 Å². The van der Waals surface area contributed by atoms with Crippen molar-refractivity contribution in [3.05, 3.63) is 0 Å². The number of nitrogens with one attached hydrogen (secondary N) is 1. The van der Waals surface area contributed by atoms with Crippen LogP contribution in [0.4, 0.5) is 0 Å². The summed E-state index contributed by atoms with van der Waals surface area (Å²) in [6.07, 6.45) is 0.315. The Kier molecular flexibility index (Phi) is 3.77. The molecule has 0 aromatic heterocycles. The van der Waals surface area contributed by atoms with Gasteiger partial charge in [0.25, 0.3) is 0 Å². The predicted molar refractivity (Wildman–Crippen MR) is 35.6 cm³/mol. The fourth-order valence-electron chi connectivity index (χ4n) is 0.587. The van der Waals surface area contributed by atoms with Crippen molar-refractivity contribution in [2.45, 2.75) is 6.17 Å². The van der Waals surface area contributed by atoms with E-state index in [-0.39, 0.29) is 0 Å². The molecule has 0 saturated heterocycles. The normalized spacial score (nSPS) is 14.6. The summed E-state index contributed by atoms with van der Waals surface area (Å²) in [6.45, 7) is 0.656. The first kappa shape index (κ1) is 7.88. The monoisotopic (exact) mass is 117 g/mol. The zero-order chi connectivity index (χ0) is 6.57. The average molecular weight is 117 g/mol. The van der Waals surface area contributed by atoms with Gasteiger partial charge in [0, 0.05) is 6.54 Å². The number of hydrogen-bond acceptors (Lipinski definition) is 3. The molecule has 0 aromatic rings. The molecule has 0 aliphatic rings. The van der Waals surface area contributed by atoms with Gasteiger partial charge in [-0.3, -0.25) is 4.90 Å². The van der Waals surface area contributed by atoms with E-state index in [1.807, 2.05) is 26.0 Å². The summed E-state index contributed by atoms with van der Waals surface area (Å²) < 4.78 is 0. The topological polar surface area (TPSA) is 41.3 Å². The van der Waals surface area contributed by atoms with Gasteiger partial charge < -0.3 is 11.1 Å². The molecule has 1 unspecified atom stereocenters. The maximum atomic E-state index is 5.38. The Balaban J connectivity index is 3.35. The van der Waals surface area contributed by atoms with Crippen LogP contribution >= 0.6 is 0 Å². The van der Waals surface area contributed by atoms with E-state index in [2.05, 4.69) is 5.32 Å². The molecule has 0 spiro atoms. The lowest BCUT2D eigenvalue weighted by Crippen LogP contribution is -2.44. The quantitative estimate of drug-likeness (QED) is 0.468. The van der Waals surface area contributed by atoms with Gasteiger partial charge in [-0.15, -0.1) is 0 Å². The summed E-state index contributed by atoms with van der Waals surface area (Å²) in [7, 11) is 5.89. The largest absolute Gasteiger partial charge is 0.328 e. The van der Waals surface area contributed by atoms with E-state index in [1.165, 1.54) is 0 Å².